The van der Waals surface area contributed by atoms with E-state index < -0.39 is 0 Å². The fourth-order valence-corrected chi connectivity index (χ4v) is 3.33. The third-order valence-electron chi connectivity index (χ3n) is 4.19. The average molecular weight is 236 g/mol. The van der Waals surface area contributed by atoms with Crippen LogP contribution in [0.4, 0.5) is 5.69 Å². The van der Waals surface area contributed by atoms with E-state index >= 15 is 0 Å². The molecule has 0 amide bonds. The van der Waals surface area contributed by atoms with Crippen LogP contribution in [0.2, 0.25) is 0 Å². The summed E-state index contributed by atoms with van der Waals surface area (Å²) in [5.41, 5.74) is 2.37. The van der Waals surface area contributed by atoms with Gasteiger partial charge in [-0.1, -0.05) is 30.4 Å². The van der Waals surface area contributed by atoms with Gasteiger partial charge in [0.2, 0.25) is 0 Å². The van der Waals surface area contributed by atoms with Gasteiger partial charge in [0.05, 0.1) is 17.4 Å². The highest BCUT2D eigenvalue weighted by molar-refractivity contribution is 5.82. The quantitative estimate of drug-likeness (QED) is 0.704. The largest absolute Gasteiger partial charge is 0.361 e. The topological polar surface area (TPSA) is 16.1 Å². The van der Waals surface area contributed by atoms with Crippen LogP contribution in [0.15, 0.2) is 48.7 Å². The lowest BCUT2D eigenvalue weighted by Gasteiger charge is -2.33. The van der Waals surface area contributed by atoms with Gasteiger partial charge in [-0.25, -0.2) is 0 Å². The first-order valence-electron chi connectivity index (χ1n) is 6.71. The first-order chi connectivity index (χ1) is 8.92. The lowest BCUT2D eigenvalue weighted by molar-refractivity contribution is 0.648. The van der Waals surface area contributed by atoms with Crippen LogP contribution in [-0.2, 0) is 0 Å². The fourth-order valence-electron chi connectivity index (χ4n) is 3.33. The first-order valence-corrected chi connectivity index (χ1v) is 6.71. The molecule has 2 bridgehead atoms. The number of benzene rings is 1. The molecule has 2 aromatic rings. The second kappa shape index (κ2) is 3.84. The summed E-state index contributed by atoms with van der Waals surface area (Å²) in [6, 6.07) is 11.9. The molecule has 1 aromatic carbocycles. The molecular formula is C16H16N2. The van der Waals surface area contributed by atoms with E-state index in [0.29, 0.717) is 12.1 Å². The molecule has 2 nitrogen and oxygen atoms in total. The average Bonchev–Trinajstić information content (AvgIpc) is 2.68. The second-order valence-corrected chi connectivity index (χ2v) is 5.26. The zero-order valence-corrected chi connectivity index (χ0v) is 10.3. The predicted octanol–water partition coefficient (Wildman–Crippen LogP) is 3.53. The van der Waals surface area contributed by atoms with Gasteiger partial charge in [-0.15, -0.1) is 0 Å². The molecule has 1 saturated heterocycles. The lowest BCUT2D eigenvalue weighted by Crippen LogP contribution is -2.37. The minimum atomic E-state index is 0.590. The van der Waals surface area contributed by atoms with E-state index in [9.17, 15) is 0 Å². The fraction of sp³-hybridized carbons (Fsp3) is 0.312. The van der Waals surface area contributed by atoms with Crippen molar-refractivity contribution < 1.29 is 0 Å². The van der Waals surface area contributed by atoms with Gasteiger partial charge >= 0.3 is 0 Å². The Balaban J connectivity index is 1.81. The molecule has 2 aliphatic rings. The number of hydrogen-bond acceptors (Lipinski definition) is 2. The Morgan fingerprint density at radius 2 is 2.11 bits per heavy atom. The summed E-state index contributed by atoms with van der Waals surface area (Å²) in [5, 5.41) is 1.24. The van der Waals surface area contributed by atoms with Crippen molar-refractivity contribution in [2.75, 3.05) is 4.90 Å². The normalized spacial score (nSPS) is 25.9. The maximum absolute atomic E-state index is 4.59. The Morgan fingerprint density at radius 3 is 3.06 bits per heavy atom. The lowest BCUT2D eigenvalue weighted by atomic mass is 10.1. The van der Waals surface area contributed by atoms with Gasteiger partial charge in [-0.3, -0.25) is 4.98 Å². The van der Waals surface area contributed by atoms with Crippen molar-refractivity contribution in [2.24, 2.45) is 0 Å². The summed E-state index contributed by atoms with van der Waals surface area (Å²) < 4.78 is 0. The minimum absolute atomic E-state index is 0.590. The number of pyridine rings is 1. The number of hydrogen-bond donors (Lipinski definition) is 0. The van der Waals surface area contributed by atoms with Crippen LogP contribution in [0, 0.1) is 0 Å². The molecule has 4 rings (SSSR count). The zero-order chi connectivity index (χ0) is 11.9. The van der Waals surface area contributed by atoms with E-state index in [2.05, 4.69) is 46.3 Å². The Labute approximate surface area is 107 Å². The predicted molar refractivity (Wildman–Crippen MR) is 74.8 cm³/mol. The zero-order valence-electron chi connectivity index (χ0n) is 10.3. The molecule has 0 spiro atoms. The van der Waals surface area contributed by atoms with Crippen LogP contribution < -0.4 is 4.90 Å². The summed E-state index contributed by atoms with van der Waals surface area (Å²) in [4.78, 5) is 7.14. The molecule has 0 radical (unpaired) electrons. The molecule has 2 atom stereocenters. The highest BCUT2D eigenvalue weighted by atomic mass is 15.2. The smallest absolute Gasteiger partial charge is 0.0703 e. The van der Waals surface area contributed by atoms with Crippen molar-refractivity contribution in [2.45, 2.75) is 31.3 Å². The van der Waals surface area contributed by atoms with Crippen LogP contribution in [0.5, 0.6) is 0 Å². The Kier molecular flexibility index (Phi) is 2.16. The number of anilines is 1. The second-order valence-electron chi connectivity index (χ2n) is 5.26. The minimum Gasteiger partial charge on any atom is -0.361 e. The van der Waals surface area contributed by atoms with Crippen LogP contribution in [0.1, 0.15) is 19.3 Å². The molecular weight excluding hydrogens is 220 g/mol. The van der Waals surface area contributed by atoms with Crippen LogP contribution >= 0.6 is 0 Å². The van der Waals surface area contributed by atoms with E-state index in [0.717, 1.165) is 5.52 Å². The Bertz CT molecular complexity index is 617. The highest BCUT2D eigenvalue weighted by Crippen LogP contribution is 2.36. The number of fused-ring (bicyclic) bond motifs is 3. The van der Waals surface area contributed by atoms with Gasteiger partial charge < -0.3 is 4.90 Å². The number of nitrogens with zero attached hydrogens (tertiary/aromatic N) is 2. The number of aromatic nitrogens is 1. The summed E-state index contributed by atoms with van der Waals surface area (Å²) in [6.07, 6.45) is 10.5. The summed E-state index contributed by atoms with van der Waals surface area (Å²) in [7, 11) is 0. The molecule has 2 unspecified atom stereocenters. The molecule has 0 N–H and O–H groups in total. The van der Waals surface area contributed by atoms with Gasteiger partial charge in [-0.2, -0.15) is 0 Å². The molecule has 1 fully saturated rings. The van der Waals surface area contributed by atoms with E-state index in [1.807, 2.05) is 12.3 Å². The van der Waals surface area contributed by atoms with Crippen molar-refractivity contribution >= 4 is 16.6 Å². The molecule has 90 valence electrons. The van der Waals surface area contributed by atoms with Gasteiger partial charge in [0.1, 0.15) is 0 Å². The van der Waals surface area contributed by atoms with E-state index in [-0.39, 0.29) is 0 Å². The Hall–Kier alpha value is -1.83. The standard InChI is InChI=1S/C16H16N2/c1-2-7-16-12(4-1)10-15(11-17-16)18-13-5-3-6-14(18)9-8-13/h1-5,7,10-11,13-14H,6,8-9H2. The third-order valence-corrected chi connectivity index (χ3v) is 4.19. The third kappa shape index (κ3) is 1.45. The maximum Gasteiger partial charge on any atom is 0.0703 e. The van der Waals surface area contributed by atoms with Gasteiger partial charge in [0.25, 0.3) is 0 Å². The Morgan fingerprint density at radius 1 is 1.17 bits per heavy atom. The number of para-hydroxylation sites is 1. The van der Waals surface area contributed by atoms with Crippen molar-refractivity contribution in [1.29, 1.82) is 0 Å². The van der Waals surface area contributed by atoms with Gasteiger partial charge in [0, 0.05) is 17.5 Å². The van der Waals surface area contributed by atoms with Crippen molar-refractivity contribution in [3.63, 3.8) is 0 Å². The van der Waals surface area contributed by atoms with Crippen LogP contribution in [0.25, 0.3) is 10.9 Å². The van der Waals surface area contributed by atoms with Crippen molar-refractivity contribution in [1.82, 2.24) is 4.98 Å². The summed E-state index contributed by atoms with van der Waals surface area (Å²) in [6.45, 7) is 0. The molecule has 0 saturated carbocycles. The summed E-state index contributed by atoms with van der Waals surface area (Å²) in [5.74, 6) is 0. The van der Waals surface area contributed by atoms with Gasteiger partial charge in [0.15, 0.2) is 0 Å². The van der Waals surface area contributed by atoms with E-state index in [1.54, 1.807) is 0 Å². The molecule has 18 heavy (non-hydrogen) atoms. The molecule has 2 aliphatic heterocycles. The number of rotatable bonds is 1. The van der Waals surface area contributed by atoms with Crippen molar-refractivity contribution in [3.8, 4) is 0 Å². The first kappa shape index (κ1) is 10.1. The molecule has 2 heteroatoms. The maximum atomic E-state index is 4.59. The highest BCUT2D eigenvalue weighted by Gasteiger charge is 2.33. The van der Waals surface area contributed by atoms with E-state index in [4.69, 9.17) is 0 Å². The monoisotopic (exact) mass is 236 g/mol. The van der Waals surface area contributed by atoms with E-state index in [1.165, 1.54) is 30.3 Å². The van der Waals surface area contributed by atoms with Crippen molar-refractivity contribution in [3.05, 3.63) is 48.7 Å². The van der Waals surface area contributed by atoms with Gasteiger partial charge in [-0.05, 0) is 31.4 Å². The SMILES string of the molecule is C1=CC2CCC(C1)N2c1cnc2ccccc2c1. The molecule has 1 aromatic heterocycles. The molecule has 0 aliphatic carbocycles. The molecule has 3 heterocycles. The van der Waals surface area contributed by atoms with Crippen LogP contribution in [0.3, 0.4) is 0 Å². The van der Waals surface area contributed by atoms with Crippen LogP contribution in [-0.4, -0.2) is 17.1 Å². The summed E-state index contributed by atoms with van der Waals surface area (Å²) >= 11 is 0.